The number of hydrogen-bond acceptors (Lipinski definition) is 2. The van der Waals surface area contributed by atoms with Crippen molar-refractivity contribution >= 4 is 0 Å². The Morgan fingerprint density at radius 3 is 2.19 bits per heavy atom. The first kappa shape index (κ1) is 23.4. The van der Waals surface area contributed by atoms with Crippen LogP contribution in [-0.4, -0.2) is 22.9 Å². The largest absolute Gasteiger partial charge is 0.396 e. The van der Waals surface area contributed by atoms with Crippen molar-refractivity contribution in [2.24, 2.45) is 56.7 Å². The van der Waals surface area contributed by atoms with Gasteiger partial charge in [0.25, 0.3) is 0 Å². The molecule has 10 atom stereocenters. The van der Waals surface area contributed by atoms with Gasteiger partial charge in [-0.15, -0.1) is 0 Å². The second-order valence-corrected chi connectivity index (χ2v) is 14.6. The molecule has 2 heteroatoms. The minimum Gasteiger partial charge on any atom is -0.396 e. The Bertz CT molecular complexity index is 786. The Hall–Kier alpha value is -0.340. The molecule has 0 aromatic rings. The van der Waals surface area contributed by atoms with Gasteiger partial charge < -0.3 is 10.2 Å². The third-order valence-electron chi connectivity index (χ3n) is 13.5. The molecule has 5 rings (SSSR count). The molecule has 0 aliphatic heterocycles. The Balaban J connectivity index is 1.55. The third-order valence-corrected chi connectivity index (χ3v) is 13.5. The molecule has 0 aromatic carbocycles. The maximum atomic E-state index is 10.9. The summed E-state index contributed by atoms with van der Waals surface area (Å²) in [4.78, 5) is 0. The van der Waals surface area contributed by atoms with Crippen molar-refractivity contribution in [3.05, 3.63) is 12.2 Å². The zero-order valence-electron chi connectivity index (χ0n) is 21.8. The molecule has 182 valence electrons. The molecule has 5 fully saturated rings. The van der Waals surface area contributed by atoms with Gasteiger partial charge in [0, 0.05) is 6.61 Å². The van der Waals surface area contributed by atoms with Crippen LogP contribution in [0.1, 0.15) is 106 Å². The van der Waals surface area contributed by atoms with E-state index in [1.807, 2.05) is 0 Å². The van der Waals surface area contributed by atoms with Crippen molar-refractivity contribution in [3.63, 3.8) is 0 Å². The summed E-state index contributed by atoms with van der Waals surface area (Å²) in [7, 11) is 0. The van der Waals surface area contributed by atoms with Gasteiger partial charge in [-0.25, -0.2) is 0 Å². The normalized spacial score (nSPS) is 56.5. The van der Waals surface area contributed by atoms with Crippen LogP contribution in [0.15, 0.2) is 12.2 Å². The quantitative estimate of drug-likeness (QED) is 0.452. The lowest BCUT2D eigenvalue weighted by atomic mass is 9.32. The van der Waals surface area contributed by atoms with E-state index in [1.54, 1.807) is 0 Å². The highest BCUT2D eigenvalue weighted by Crippen LogP contribution is 2.77. The van der Waals surface area contributed by atoms with E-state index in [2.05, 4.69) is 48.1 Å². The molecule has 0 amide bonds. The highest BCUT2D eigenvalue weighted by Gasteiger charge is 2.70. The van der Waals surface area contributed by atoms with Crippen LogP contribution in [0, 0.1) is 56.7 Å². The maximum Gasteiger partial charge on any atom is 0.0594 e. The molecule has 0 aromatic heterocycles. The van der Waals surface area contributed by atoms with Crippen molar-refractivity contribution < 1.29 is 10.2 Å². The highest BCUT2D eigenvalue weighted by molar-refractivity contribution is 5.21. The van der Waals surface area contributed by atoms with Gasteiger partial charge in [0.2, 0.25) is 0 Å². The van der Waals surface area contributed by atoms with Crippen molar-refractivity contribution in [1.82, 2.24) is 0 Å². The summed E-state index contributed by atoms with van der Waals surface area (Å²) in [6.45, 7) is 19.7. The minimum absolute atomic E-state index is 0.0290. The van der Waals surface area contributed by atoms with Crippen molar-refractivity contribution in [1.29, 1.82) is 0 Å². The topological polar surface area (TPSA) is 40.5 Å². The fraction of sp³-hybridized carbons (Fsp3) is 0.933. The standard InChI is InChI=1S/C30H50O2/c1-19(2)20-10-15-30(18-31)17-16-28(6)21(25(20)30)8-9-23-27(5)13-12-24(32)26(3,4)22(27)11-14-29(23,28)7/h20-25,31-32H,1,8-18H2,2-7H3/t20-,21+,22+,23+,24+,25+,27-,28+,29+,30+/m0/s1. The molecule has 32 heavy (non-hydrogen) atoms. The van der Waals surface area contributed by atoms with Gasteiger partial charge in [-0.2, -0.15) is 0 Å². The van der Waals surface area contributed by atoms with Crippen LogP contribution in [-0.2, 0) is 0 Å². The number of aliphatic hydroxyl groups is 2. The average molecular weight is 443 g/mol. The van der Waals surface area contributed by atoms with Crippen LogP contribution in [0.3, 0.4) is 0 Å². The molecule has 5 aliphatic rings. The van der Waals surface area contributed by atoms with Gasteiger partial charge in [-0.1, -0.05) is 46.8 Å². The highest BCUT2D eigenvalue weighted by atomic mass is 16.3. The van der Waals surface area contributed by atoms with E-state index in [0.717, 1.165) is 18.3 Å². The van der Waals surface area contributed by atoms with Gasteiger partial charge in [0.05, 0.1) is 6.10 Å². The molecule has 2 N–H and O–H groups in total. The van der Waals surface area contributed by atoms with Gasteiger partial charge >= 0.3 is 0 Å². The molecule has 2 nitrogen and oxygen atoms in total. The van der Waals surface area contributed by atoms with Gasteiger partial charge in [0.15, 0.2) is 0 Å². The van der Waals surface area contributed by atoms with Crippen LogP contribution in [0.5, 0.6) is 0 Å². The predicted molar refractivity (Wildman–Crippen MR) is 132 cm³/mol. The number of rotatable bonds is 2. The molecule has 5 saturated carbocycles. The summed E-state index contributed by atoms with van der Waals surface area (Å²) in [5.74, 6) is 3.33. The zero-order valence-corrected chi connectivity index (χ0v) is 21.8. The average Bonchev–Trinajstić information content (AvgIpc) is 3.12. The number of fused-ring (bicyclic) bond motifs is 7. The van der Waals surface area contributed by atoms with Crippen molar-refractivity contribution in [2.45, 2.75) is 112 Å². The Morgan fingerprint density at radius 2 is 1.53 bits per heavy atom. The molecule has 0 saturated heterocycles. The van der Waals surface area contributed by atoms with E-state index in [4.69, 9.17) is 0 Å². The summed E-state index contributed by atoms with van der Waals surface area (Å²) >= 11 is 0. The third kappa shape index (κ3) is 2.66. The number of hydrogen-bond donors (Lipinski definition) is 2. The lowest BCUT2D eigenvalue weighted by Crippen LogP contribution is -2.66. The lowest BCUT2D eigenvalue weighted by Gasteiger charge is -2.73. The molecule has 0 spiro atoms. The molecule has 0 heterocycles. The summed E-state index contributed by atoms with van der Waals surface area (Å²) in [5.41, 5.74) is 2.60. The van der Waals surface area contributed by atoms with Crippen LogP contribution >= 0.6 is 0 Å². The summed E-state index contributed by atoms with van der Waals surface area (Å²) < 4.78 is 0. The Morgan fingerprint density at radius 1 is 0.812 bits per heavy atom. The van der Waals surface area contributed by atoms with E-state index in [9.17, 15) is 10.2 Å². The second-order valence-electron chi connectivity index (χ2n) is 14.6. The first-order chi connectivity index (χ1) is 14.9. The van der Waals surface area contributed by atoms with Crippen LogP contribution in [0.2, 0.25) is 0 Å². The fourth-order valence-corrected chi connectivity index (χ4v) is 11.5. The summed E-state index contributed by atoms with van der Waals surface area (Å²) in [6, 6.07) is 0. The van der Waals surface area contributed by atoms with Crippen LogP contribution in [0.25, 0.3) is 0 Å². The minimum atomic E-state index is -0.147. The van der Waals surface area contributed by atoms with Gasteiger partial charge in [0.1, 0.15) is 0 Å². The van der Waals surface area contributed by atoms with E-state index in [1.165, 1.54) is 63.4 Å². The van der Waals surface area contributed by atoms with E-state index in [-0.39, 0.29) is 16.9 Å². The van der Waals surface area contributed by atoms with Gasteiger partial charge in [-0.05, 0) is 128 Å². The first-order valence-electron chi connectivity index (χ1n) is 13.8. The number of aliphatic hydroxyl groups excluding tert-OH is 2. The molecule has 0 bridgehead atoms. The van der Waals surface area contributed by atoms with E-state index < -0.39 is 0 Å². The summed E-state index contributed by atoms with van der Waals surface area (Å²) in [6.07, 6.45) is 12.2. The summed E-state index contributed by atoms with van der Waals surface area (Å²) in [5, 5.41) is 21.5. The van der Waals surface area contributed by atoms with Crippen LogP contribution < -0.4 is 0 Å². The van der Waals surface area contributed by atoms with E-state index >= 15 is 0 Å². The maximum absolute atomic E-state index is 10.9. The second kappa shape index (κ2) is 7.09. The predicted octanol–water partition coefficient (Wildman–Crippen LogP) is 7.00. The smallest absolute Gasteiger partial charge is 0.0594 e. The fourth-order valence-electron chi connectivity index (χ4n) is 11.5. The SMILES string of the molecule is C=C(C)[C@@H]1CC[C@]2(CO)CC[C@]3(C)[C@H](CC[C@@H]4[C@@]5(C)CC[C@@H](O)C(C)(C)[C@H]5CC[C@]43C)[C@@H]12. The number of allylic oxidation sites excluding steroid dienone is 1. The monoisotopic (exact) mass is 442 g/mol. The molecule has 0 radical (unpaired) electrons. The Kier molecular flexibility index (Phi) is 5.19. The molecular weight excluding hydrogens is 392 g/mol. The zero-order chi connectivity index (χ0) is 23.3. The Labute approximate surface area is 197 Å². The first-order valence-corrected chi connectivity index (χ1v) is 13.8. The molecular formula is C30H50O2. The molecule has 0 unspecified atom stereocenters. The van der Waals surface area contributed by atoms with Crippen LogP contribution in [0.4, 0.5) is 0 Å². The van der Waals surface area contributed by atoms with Crippen molar-refractivity contribution in [2.75, 3.05) is 6.61 Å². The molecule has 5 aliphatic carbocycles. The van der Waals surface area contributed by atoms with E-state index in [0.29, 0.717) is 40.6 Å². The van der Waals surface area contributed by atoms with Gasteiger partial charge in [-0.3, -0.25) is 0 Å². The van der Waals surface area contributed by atoms with Crippen molar-refractivity contribution in [3.8, 4) is 0 Å². The lowest BCUT2D eigenvalue weighted by molar-refractivity contribution is -0.249.